The van der Waals surface area contributed by atoms with Crippen LogP contribution in [0.3, 0.4) is 0 Å². The van der Waals surface area contributed by atoms with Crippen molar-refractivity contribution in [2.75, 3.05) is 46.5 Å². The van der Waals surface area contributed by atoms with Crippen LogP contribution in [-0.2, 0) is 19.1 Å². The molecule has 0 spiro atoms. The van der Waals surface area contributed by atoms with Gasteiger partial charge in [-0.3, -0.25) is 9.59 Å². The summed E-state index contributed by atoms with van der Waals surface area (Å²) in [4.78, 5) is 28.0. The van der Waals surface area contributed by atoms with Crippen LogP contribution in [-0.4, -0.2) is 74.2 Å². The van der Waals surface area contributed by atoms with Gasteiger partial charge in [0.05, 0.1) is 6.10 Å². The molecular weight excluding hydrogens is 284 g/mol. The highest BCUT2D eigenvalue weighted by Gasteiger charge is 2.36. The molecule has 2 atom stereocenters. The van der Waals surface area contributed by atoms with Gasteiger partial charge in [-0.15, -0.1) is 0 Å². The monoisotopic (exact) mass is 310 g/mol. The van der Waals surface area contributed by atoms with Crippen LogP contribution < -0.4 is 0 Å². The summed E-state index contributed by atoms with van der Waals surface area (Å²) in [5, 5.41) is 0. The number of carbonyl (C=O) groups is 2. The molecule has 0 unspecified atom stereocenters. The first-order valence-electron chi connectivity index (χ1n) is 8.34. The number of likely N-dealkylation sites (N-methyl/N-ethyl adjacent to an activating group) is 1. The highest BCUT2D eigenvalue weighted by Crippen LogP contribution is 2.26. The molecule has 2 amide bonds. The molecule has 0 aromatic heterocycles. The average Bonchev–Trinajstić information content (AvgIpc) is 2.67. The van der Waals surface area contributed by atoms with E-state index in [2.05, 4.69) is 0 Å². The van der Waals surface area contributed by atoms with Crippen LogP contribution in [0.1, 0.15) is 25.7 Å². The molecule has 0 radical (unpaired) electrons. The molecule has 124 valence electrons. The van der Waals surface area contributed by atoms with E-state index >= 15 is 0 Å². The van der Waals surface area contributed by atoms with Crippen LogP contribution in [0.2, 0.25) is 0 Å². The highest BCUT2D eigenvalue weighted by molar-refractivity contribution is 5.78. The van der Waals surface area contributed by atoms with E-state index in [9.17, 15) is 9.59 Å². The van der Waals surface area contributed by atoms with E-state index in [1.807, 2.05) is 11.9 Å². The lowest BCUT2D eigenvalue weighted by Crippen LogP contribution is -2.49. The maximum absolute atomic E-state index is 12.5. The first-order valence-corrected chi connectivity index (χ1v) is 8.34. The molecule has 3 aliphatic heterocycles. The zero-order valence-corrected chi connectivity index (χ0v) is 13.3. The number of hydrogen-bond acceptors (Lipinski definition) is 4. The fraction of sp³-hybridized carbons (Fsp3) is 0.875. The van der Waals surface area contributed by atoms with Crippen LogP contribution in [0.4, 0.5) is 0 Å². The molecule has 3 rings (SSSR count). The normalized spacial score (nSPS) is 30.9. The van der Waals surface area contributed by atoms with Crippen molar-refractivity contribution in [2.24, 2.45) is 11.8 Å². The zero-order valence-electron chi connectivity index (χ0n) is 13.3. The molecular formula is C16H26N2O4. The second-order valence-electron chi connectivity index (χ2n) is 6.77. The third kappa shape index (κ3) is 3.60. The molecule has 3 heterocycles. The van der Waals surface area contributed by atoms with Gasteiger partial charge < -0.3 is 19.3 Å². The molecule has 6 heteroatoms. The largest absolute Gasteiger partial charge is 0.381 e. The van der Waals surface area contributed by atoms with Crippen molar-refractivity contribution in [3.8, 4) is 0 Å². The molecule has 0 N–H and O–H groups in total. The summed E-state index contributed by atoms with van der Waals surface area (Å²) in [6.07, 6.45) is 3.57. The second-order valence-corrected chi connectivity index (χ2v) is 6.77. The minimum atomic E-state index is 0.0366. The standard InChI is InChI=1S/C16H26N2O4/c1-17-9-13-10-18(5-2-14(13)22-11-16(17)20)15(19)8-12-3-6-21-7-4-12/h12-14H,2-11H2,1H3/t13-,14-/m0/s1. The Labute approximate surface area is 131 Å². The Kier molecular flexibility index (Phi) is 4.98. The summed E-state index contributed by atoms with van der Waals surface area (Å²) < 4.78 is 11.1. The Hall–Kier alpha value is -1.14. The highest BCUT2D eigenvalue weighted by atomic mass is 16.5. The summed E-state index contributed by atoms with van der Waals surface area (Å²) in [7, 11) is 1.82. The number of amides is 2. The first-order chi connectivity index (χ1) is 10.6. The number of carbonyl (C=O) groups excluding carboxylic acids is 2. The van der Waals surface area contributed by atoms with Crippen molar-refractivity contribution in [1.29, 1.82) is 0 Å². The van der Waals surface area contributed by atoms with Gasteiger partial charge in [0.2, 0.25) is 11.8 Å². The SMILES string of the molecule is CN1C[C@H]2CN(C(=O)CC3CCOCC3)CC[C@@H]2OCC1=O. The van der Waals surface area contributed by atoms with Crippen LogP contribution in [0.25, 0.3) is 0 Å². The van der Waals surface area contributed by atoms with E-state index in [1.165, 1.54) is 0 Å². The number of hydrogen-bond donors (Lipinski definition) is 0. The van der Waals surface area contributed by atoms with Gasteiger partial charge in [-0.25, -0.2) is 0 Å². The zero-order chi connectivity index (χ0) is 15.5. The lowest BCUT2D eigenvalue weighted by Gasteiger charge is -2.38. The third-order valence-corrected chi connectivity index (χ3v) is 5.18. The van der Waals surface area contributed by atoms with E-state index in [-0.39, 0.29) is 30.4 Å². The lowest BCUT2D eigenvalue weighted by molar-refractivity contribution is -0.138. The Bertz CT molecular complexity index is 422. The fourth-order valence-electron chi connectivity index (χ4n) is 3.70. The van der Waals surface area contributed by atoms with Crippen molar-refractivity contribution in [2.45, 2.75) is 31.8 Å². The van der Waals surface area contributed by atoms with Gasteiger partial charge in [0.15, 0.2) is 0 Å². The van der Waals surface area contributed by atoms with Gasteiger partial charge in [-0.05, 0) is 25.2 Å². The molecule has 3 saturated heterocycles. The molecule has 0 bridgehead atoms. The minimum absolute atomic E-state index is 0.0366. The van der Waals surface area contributed by atoms with Crippen molar-refractivity contribution in [1.82, 2.24) is 9.80 Å². The van der Waals surface area contributed by atoms with Crippen LogP contribution in [0, 0.1) is 11.8 Å². The average molecular weight is 310 g/mol. The summed E-state index contributed by atoms with van der Waals surface area (Å²) in [5.41, 5.74) is 0. The Morgan fingerprint density at radius 2 is 2.00 bits per heavy atom. The topological polar surface area (TPSA) is 59.1 Å². The Morgan fingerprint density at radius 1 is 1.23 bits per heavy atom. The summed E-state index contributed by atoms with van der Waals surface area (Å²) in [6, 6.07) is 0. The maximum Gasteiger partial charge on any atom is 0.248 e. The molecule has 0 saturated carbocycles. The summed E-state index contributed by atoms with van der Waals surface area (Å²) in [5.74, 6) is 0.996. The maximum atomic E-state index is 12.5. The first kappa shape index (κ1) is 15.7. The number of rotatable bonds is 2. The number of ether oxygens (including phenoxy) is 2. The molecule has 22 heavy (non-hydrogen) atoms. The van der Waals surface area contributed by atoms with Gasteiger partial charge in [0.25, 0.3) is 0 Å². The van der Waals surface area contributed by atoms with Gasteiger partial charge in [0.1, 0.15) is 6.61 Å². The lowest BCUT2D eigenvalue weighted by atomic mass is 9.92. The van der Waals surface area contributed by atoms with E-state index in [0.717, 1.165) is 39.0 Å². The van der Waals surface area contributed by atoms with E-state index in [1.54, 1.807) is 4.90 Å². The van der Waals surface area contributed by atoms with E-state index < -0.39 is 0 Å². The number of piperidine rings is 1. The Morgan fingerprint density at radius 3 is 2.77 bits per heavy atom. The van der Waals surface area contributed by atoms with Crippen molar-refractivity contribution >= 4 is 11.8 Å². The minimum Gasteiger partial charge on any atom is -0.381 e. The van der Waals surface area contributed by atoms with Gasteiger partial charge in [-0.1, -0.05) is 0 Å². The predicted molar refractivity (Wildman–Crippen MR) is 80.2 cm³/mol. The molecule has 0 aromatic rings. The molecule has 3 aliphatic rings. The van der Waals surface area contributed by atoms with Crippen molar-refractivity contribution < 1.29 is 19.1 Å². The predicted octanol–water partition coefficient (Wildman–Crippen LogP) is 0.509. The summed E-state index contributed by atoms with van der Waals surface area (Å²) >= 11 is 0. The number of nitrogens with zero attached hydrogens (tertiary/aromatic N) is 2. The van der Waals surface area contributed by atoms with Crippen molar-refractivity contribution in [3.05, 3.63) is 0 Å². The number of likely N-dealkylation sites (tertiary alicyclic amines) is 1. The quantitative estimate of drug-likeness (QED) is 0.746. The number of fused-ring (bicyclic) bond motifs is 1. The van der Waals surface area contributed by atoms with Crippen LogP contribution >= 0.6 is 0 Å². The summed E-state index contributed by atoms with van der Waals surface area (Å²) in [6.45, 7) is 3.89. The second kappa shape index (κ2) is 6.96. The molecule has 0 aliphatic carbocycles. The Balaban J connectivity index is 1.55. The van der Waals surface area contributed by atoms with Gasteiger partial charge in [-0.2, -0.15) is 0 Å². The molecule has 3 fully saturated rings. The third-order valence-electron chi connectivity index (χ3n) is 5.18. The van der Waals surface area contributed by atoms with Crippen LogP contribution in [0.5, 0.6) is 0 Å². The van der Waals surface area contributed by atoms with E-state index in [0.29, 0.717) is 25.4 Å². The van der Waals surface area contributed by atoms with E-state index in [4.69, 9.17) is 9.47 Å². The van der Waals surface area contributed by atoms with Gasteiger partial charge >= 0.3 is 0 Å². The van der Waals surface area contributed by atoms with Crippen LogP contribution in [0.15, 0.2) is 0 Å². The molecule has 0 aromatic carbocycles. The molecule has 6 nitrogen and oxygen atoms in total. The smallest absolute Gasteiger partial charge is 0.248 e. The fourth-order valence-corrected chi connectivity index (χ4v) is 3.70. The van der Waals surface area contributed by atoms with Crippen molar-refractivity contribution in [3.63, 3.8) is 0 Å². The van der Waals surface area contributed by atoms with Gasteiger partial charge in [0, 0.05) is 52.2 Å².